The van der Waals surface area contributed by atoms with Gasteiger partial charge in [0.05, 0.1) is 5.56 Å². The lowest BCUT2D eigenvalue weighted by Crippen LogP contribution is -2.40. The molecule has 0 saturated heterocycles. The minimum Gasteiger partial charge on any atom is -0.355 e. The van der Waals surface area contributed by atoms with Crippen molar-refractivity contribution in [2.24, 2.45) is 11.8 Å². The highest BCUT2D eigenvalue weighted by Crippen LogP contribution is 2.40. The van der Waals surface area contributed by atoms with E-state index < -0.39 is 0 Å². The Morgan fingerprint density at radius 3 is 2.55 bits per heavy atom. The monoisotopic (exact) mass is 421 g/mol. The van der Waals surface area contributed by atoms with Gasteiger partial charge in [-0.15, -0.1) is 11.3 Å². The van der Waals surface area contributed by atoms with Crippen molar-refractivity contribution in [1.29, 1.82) is 0 Å². The molecule has 8 heteroatoms. The lowest BCUT2D eigenvalue weighted by molar-refractivity contribution is -0.117. The molecule has 160 valence electrons. The Kier molecular flexibility index (Phi) is 6.53. The van der Waals surface area contributed by atoms with Crippen LogP contribution in [0.25, 0.3) is 0 Å². The third-order valence-corrected chi connectivity index (χ3v) is 7.23. The summed E-state index contributed by atoms with van der Waals surface area (Å²) in [6.45, 7) is 1.33. The Bertz CT molecular complexity index is 753. The highest BCUT2D eigenvalue weighted by atomic mass is 32.1. The zero-order chi connectivity index (χ0) is 20.4. The summed E-state index contributed by atoms with van der Waals surface area (Å²) in [6.07, 6.45) is 6.68. The second-order valence-electron chi connectivity index (χ2n) is 8.37. The van der Waals surface area contributed by atoms with Crippen LogP contribution in [0.5, 0.6) is 0 Å². The second-order valence-corrected chi connectivity index (χ2v) is 9.48. The number of thiophene rings is 1. The van der Waals surface area contributed by atoms with E-state index in [1.54, 1.807) is 25.6 Å². The van der Waals surface area contributed by atoms with Crippen LogP contribution in [0.2, 0.25) is 0 Å². The number of anilines is 1. The van der Waals surface area contributed by atoms with Gasteiger partial charge in [-0.3, -0.25) is 9.59 Å². The largest absolute Gasteiger partial charge is 0.355 e. The summed E-state index contributed by atoms with van der Waals surface area (Å²) >= 11 is 1.58. The third kappa shape index (κ3) is 5.17. The number of hydrogen-bond donors (Lipinski definition) is 3. The summed E-state index contributed by atoms with van der Waals surface area (Å²) in [5.74, 6) is 0.739. The Balaban J connectivity index is 1.49. The van der Waals surface area contributed by atoms with E-state index in [2.05, 4.69) is 16.0 Å². The van der Waals surface area contributed by atoms with Gasteiger partial charge in [-0.2, -0.15) is 0 Å². The van der Waals surface area contributed by atoms with Crippen LogP contribution in [-0.4, -0.2) is 51.5 Å². The van der Waals surface area contributed by atoms with Crippen LogP contribution in [0.3, 0.4) is 0 Å². The van der Waals surface area contributed by atoms with Crippen LogP contribution in [-0.2, 0) is 27.1 Å². The molecule has 3 N–H and O–H groups in total. The molecule has 0 aromatic carbocycles. The van der Waals surface area contributed by atoms with Crippen molar-refractivity contribution in [2.75, 3.05) is 32.6 Å². The Morgan fingerprint density at radius 1 is 1.14 bits per heavy atom. The summed E-state index contributed by atoms with van der Waals surface area (Å²) in [6, 6.07) is 0.256. The first kappa shape index (κ1) is 20.8. The van der Waals surface area contributed by atoms with Crippen molar-refractivity contribution in [3.8, 4) is 0 Å². The van der Waals surface area contributed by atoms with Crippen LogP contribution in [0.4, 0.5) is 5.00 Å². The first-order chi connectivity index (χ1) is 14.1. The van der Waals surface area contributed by atoms with Crippen LogP contribution >= 0.6 is 11.3 Å². The minimum absolute atomic E-state index is 0.0483. The van der Waals surface area contributed by atoms with Crippen molar-refractivity contribution in [3.63, 3.8) is 0 Å². The number of hydrogen-bond acceptors (Lipinski definition) is 6. The first-order valence-electron chi connectivity index (χ1n) is 10.6. The average Bonchev–Trinajstić information content (AvgIpc) is 3.63. The second kappa shape index (κ2) is 9.12. The van der Waals surface area contributed by atoms with E-state index in [0.717, 1.165) is 49.2 Å². The van der Waals surface area contributed by atoms with Gasteiger partial charge in [-0.05, 0) is 56.4 Å². The van der Waals surface area contributed by atoms with Gasteiger partial charge < -0.3 is 25.4 Å². The Labute approximate surface area is 175 Å². The number of carbonyl (C=O) groups excluding carboxylic acids is 2. The van der Waals surface area contributed by atoms with E-state index >= 15 is 0 Å². The van der Waals surface area contributed by atoms with Gasteiger partial charge in [0.25, 0.3) is 5.91 Å². The third-order valence-electron chi connectivity index (χ3n) is 6.02. The highest BCUT2D eigenvalue weighted by molar-refractivity contribution is 7.17. The van der Waals surface area contributed by atoms with Gasteiger partial charge in [-0.25, -0.2) is 0 Å². The molecule has 29 heavy (non-hydrogen) atoms. The van der Waals surface area contributed by atoms with Crippen molar-refractivity contribution >= 4 is 28.2 Å². The summed E-state index contributed by atoms with van der Waals surface area (Å²) < 4.78 is 10.5. The molecule has 4 rings (SSSR count). The number of ether oxygens (including phenoxy) is 2. The SMILES string of the molecule is COC(CN[C@H]1CCc2sc(NC(=O)C3CC3)c(C(=O)NCC3CC3)c2C1)OC. The fraction of sp³-hybridized carbons (Fsp3) is 0.714. The molecule has 3 aliphatic carbocycles. The number of carbonyl (C=O) groups is 2. The van der Waals surface area contributed by atoms with Crippen molar-refractivity contribution in [1.82, 2.24) is 10.6 Å². The molecule has 0 radical (unpaired) electrons. The van der Waals surface area contributed by atoms with Gasteiger partial charge in [-0.1, -0.05) is 0 Å². The van der Waals surface area contributed by atoms with Crippen molar-refractivity contribution in [2.45, 2.75) is 57.3 Å². The van der Waals surface area contributed by atoms with Gasteiger partial charge >= 0.3 is 0 Å². The molecule has 1 heterocycles. The number of rotatable bonds is 10. The van der Waals surface area contributed by atoms with Crippen LogP contribution < -0.4 is 16.0 Å². The summed E-state index contributed by atoms with van der Waals surface area (Å²) in [4.78, 5) is 26.6. The minimum atomic E-state index is -0.284. The molecular weight excluding hydrogens is 390 g/mol. The zero-order valence-corrected chi connectivity index (χ0v) is 18.0. The van der Waals surface area contributed by atoms with E-state index in [1.165, 1.54) is 17.7 Å². The molecule has 0 unspecified atom stereocenters. The van der Waals surface area contributed by atoms with E-state index in [-0.39, 0.29) is 30.1 Å². The maximum absolute atomic E-state index is 13.0. The molecule has 0 spiro atoms. The molecule has 2 fully saturated rings. The number of nitrogens with one attached hydrogen (secondary N) is 3. The van der Waals surface area contributed by atoms with E-state index in [9.17, 15) is 9.59 Å². The summed E-state index contributed by atoms with van der Waals surface area (Å²) in [5, 5.41) is 10.4. The molecule has 0 bridgehead atoms. The van der Waals surface area contributed by atoms with Crippen LogP contribution in [0, 0.1) is 11.8 Å². The summed E-state index contributed by atoms with van der Waals surface area (Å²) in [5.41, 5.74) is 1.77. The number of amides is 2. The van der Waals surface area contributed by atoms with Gasteiger partial charge in [0.1, 0.15) is 5.00 Å². The standard InChI is InChI=1S/C21H31N3O4S/c1-27-17(28-2)11-22-14-7-8-16-15(9-14)18(20(26)23-10-12-3-4-12)21(29-16)24-19(25)13-5-6-13/h12-14,17,22H,3-11H2,1-2H3,(H,23,26)(H,24,25)/t14-/m0/s1. The lowest BCUT2D eigenvalue weighted by atomic mass is 9.91. The summed E-state index contributed by atoms with van der Waals surface area (Å²) in [7, 11) is 3.26. The zero-order valence-electron chi connectivity index (χ0n) is 17.2. The van der Waals surface area contributed by atoms with Gasteiger partial charge in [0.15, 0.2) is 6.29 Å². The molecule has 7 nitrogen and oxygen atoms in total. The molecule has 3 aliphatic rings. The van der Waals surface area contributed by atoms with Gasteiger partial charge in [0.2, 0.25) is 5.91 Å². The molecule has 1 aromatic rings. The van der Waals surface area contributed by atoms with E-state index in [1.807, 2.05) is 0 Å². The predicted molar refractivity (Wildman–Crippen MR) is 112 cm³/mol. The maximum atomic E-state index is 13.0. The molecule has 1 atom stereocenters. The lowest BCUT2D eigenvalue weighted by Gasteiger charge is -2.26. The smallest absolute Gasteiger partial charge is 0.254 e. The average molecular weight is 422 g/mol. The fourth-order valence-electron chi connectivity index (χ4n) is 3.82. The van der Waals surface area contributed by atoms with E-state index in [4.69, 9.17) is 9.47 Å². The normalized spacial score (nSPS) is 21.1. The number of methoxy groups -OCH3 is 2. The fourth-order valence-corrected chi connectivity index (χ4v) is 5.06. The Morgan fingerprint density at radius 2 is 1.90 bits per heavy atom. The molecule has 1 aromatic heterocycles. The molecule has 2 saturated carbocycles. The molecule has 0 aliphatic heterocycles. The Hall–Kier alpha value is -1.48. The van der Waals surface area contributed by atoms with Crippen molar-refractivity contribution in [3.05, 3.63) is 16.0 Å². The molecule has 2 amide bonds. The topological polar surface area (TPSA) is 88.7 Å². The van der Waals surface area contributed by atoms with Crippen molar-refractivity contribution < 1.29 is 19.1 Å². The highest BCUT2D eigenvalue weighted by Gasteiger charge is 2.34. The van der Waals surface area contributed by atoms with Crippen LogP contribution in [0.15, 0.2) is 0 Å². The number of fused-ring (bicyclic) bond motifs is 1. The quantitative estimate of drug-likeness (QED) is 0.505. The van der Waals surface area contributed by atoms with Crippen LogP contribution in [0.1, 0.15) is 52.9 Å². The first-order valence-corrected chi connectivity index (χ1v) is 11.4. The van der Waals surface area contributed by atoms with Gasteiger partial charge in [0, 0.05) is 44.1 Å². The van der Waals surface area contributed by atoms with E-state index in [0.29, 0.717) is 18.0 Å². The molecular formula is C21H31N3O4S. The number of aryl methyl sites for hydroxylation is 1. The predicted octanol–water partition coefficient (Wildman–Crippen LogP) is 2.30. The maximum Gasteiger partial charge on any atom is 0.254 e.